The van der Waals surface area contributed by atoms with Crippen LogP contribution < -0.4 is 10.1 Å². The predicted octanol–water partition coefficient (Wildman–Crippen LogP) is 1.58. The normalized spacial score (nSPS) is 9.54. The van der Waals surface area contributed by atoms with E-state index in [1.807, 2.05) is 36.5 Å². The quantitative estimate of drug-likeness (QED) is 0.544. The van der Waals surface area contributed by atoms with Crippen molar-refractivity contribution in [3.8, 4) is 5.75 Å². The molecule has 2 aromatic rings. The van der Waals surface area contributed by atoms with E-state index in [1.165, 1.54) is 5.56 Å². The molecule has 0 saturated carbocycles. The van der Waals surface area contributed by atoms with Gasteiger partial charge in [-0.3, -0.25) is 4.98 Å². The number of methoxy groups -OCH3 is 1. The van der Waals surface area contributed by atoms with Crippen LogP contribution in [-0.2, 0) is 22.6 Å². The Labute approximate surface area is 139 Å². The number of carbonyl (C=O) groups is 2. The number of aliphatic carboxylic acids is 2. The Hall–Kier alpha value is -2.93. The van der Waals surface area contributed by atoms with Crippen molar-refractivity contribution in [2.24, 2.45) is 0 Å². The minimum Gasteiger partial charge on any atom is -0.497 e. The van der Waals surface area contributed by atoms with E-state index < -0.39 is 11.9 Å². The van der Waals surface area contributed by atoms with Crippen LogP contribution in [0.25, 0.3) is 0 Å². The van der Waals surface area contributed by atoms with Crippen LogP contribution in [0.5, 0.6) is 5.75 Å². The van der Waals surface area contributed by atoms with Crippen LogP contribution in [0.1, 0.15) is 11.3 Å². The molecule has 0 aliphatic heterocycles. The summed E-state index contributed by atoms with van der Waals surface area (Å²) < 4.78 is 5.20. The highest BCUT2D eigenvalue weighted by Crippen LogP contribution is 2.12. The highest BCUT2D eigenvalue weighted by Gasteiger charge is 2.04. The molecule has 0 unspecified atom stereocenters. The maximum Gasteiger partial charge on any atom is 0.414 e. The zero-order chi connectivity index (χ0) is 17.8. The first-order valence-corrected chi connectivity index (χ1v) is 7.22. The molecule has 1 aromatic carbocycles. The third-order valence-corrected chi connectivity index (χ3v) is 2.94. The monoisotopic (exact) mass is 332 g/mol. The number of hydrogen-bond donors (Lipinski definition) is 3. The summed E-state index contributed by atoms with van der Waals surface area (Å²) in [6.45, 7) is 1.74. The van der Waals surface area contributed by atoms with E-state index in [0.29, 0.717) is 0 Å². The fourth-order valence-electron chi connectivity index (χ4n) is 1.78. The van der Waals surface area contributed by atoms with Gasteiger partial charge in [0.25, 0.3) is 0 Å². The second-order valence-electron chi connectivity index (χ2n) is 4.71. The van der Waals surface area contributed by atoms with Crippen LogP contribution in [0.4, 0.5) is 0 Å². The molecule has 7 nitrogen and oxygen atoms in total. The van der Waals surface area contributed by atoms with Crippen molar-refractivity contribution in [3.63, 3.8) is 0 Å². The summed E-state index contributed by atoms with van der Waals surface area (Å²) in [6.07, 6.45) is 2.81. The third-order valence-electron chi connectivity index (χ3n) is 2.94. The Morgan fingerprint density at radius 2 is 1.88 bits per heavy atom. The van der Waals surface area contributed by atoms with Gasteiger partial charge in [-0.1, -0.05) is 18.2 Å². The Balaban J connectivity index is 0.000000413. The van der Waals surface area contributed by atoms with Crippen LogP contribution in [0.2, 0.25) is 0 Å². The number of nitrogens with one attached hydrogen (secondary N) is 1. The lowest BCUT2D eigenvalue weighted by atomic mass is 10.1. The molecule has 2 rings (SSSR count). The Morgan fingerprint density at radius 1 is 1.12 bits per heavy atom. The number of aromatic nitrogens is 1. The number of carboxylic acids is 2. The zero-order valence-corrected chi connectivity index (χ0v) is 13.3. The van der Waals surface area contributed by atoms with Gasteiger partial charge in [0.05, 0.1) is 12.8 Å². The first-order valence-electron chi connectivity index (χ1n) is 7.22. The summed E-state index contributed by atoms with van der Waals surface area (Å²) in [4.78, 5) is 22.5. The van der Waals surface area contributed by atoms with E-state index in [9.17, 15) is 0 Å². The first-order chi connectivity index (χ1) is 11.5. The van der Waals surface area contributed by atoms with E-state index in [-0.39, 0.29) is 0 Å². The fraction of sp³-hybridized carbons (Fsp3) is 0.235. The van der Waals surface area contributed by atoms with Crippen LogP contribution in [0.15, 0.2) is 48.7 Å². The van der Waals surface area contributed by atoms with Crippen LogP contribution in [0, 0.1) is 0 Å². The number of rotatable bonds is 6. The largest absolute Gasteiger partial charge is 0.497 e. The molecule has 0 aliphatic carbocycles. The van der Waals surface area contributed by atoms with Gasteiger partial charge in [0.1, 0.15) is 5.75 Å². The lowest BCUT2D eigenvalue weighted by Gasteiger charge is -2.06. The predicted molar refractivity (Wildman–Crippen MR) is 87.9 cm³/mol. The Kier molecular flexibility index (Phi) is 8.55. The third kappa shape index (κ3) is 7.90. The number of benzene rings is 1. The van der Waals surface area contributed by atoms with Gasteiger partial charge < -0.3 is 20.3 Å². The average Bonchev–Trinajstić information content (AvgIpc) is 2.60. The van der Waals surface area contributed by atoms with Crippen LogP contribution in [0.3, 0.4) is 0 Å². The number of nitrogens with zero attached hydrogens (tertiary/aromatic N) is 1. The first kappa shape index (κ1) is 19.1. The summed E-state index contributed by atoms with van der Waals surface area (Å²) in [5, 5.41) is 18.2. The molecule has 0 bridgehead atoms. The van der Waals surface area contributed by atoms with Gasteiger partial charge in [0.15, 0.2) is 0 Å². The van der Waals surface area contributed by atoms with E-state index in [1.54, 1.807) is 7.11 Å². The van der Waals surface area contributed by atoms with Crippen LogP contribution in [-0.4, -0.2) is 40.8 Å². The fourth-order valence-corrected chi connectivity index (χ4v) is 1.78. The van der Waals surface area contributed by atoms with E-state index >= 15 is 0 Å². The molecule has 1 aromatic heterocycles. The SMILES string of the molecule is COc1cccc(CCNCc2ccccn2)c1.O=C(O)C(=O)O. The molecule has 0 atom stereocenters. The van der Waals surface area contributed by atoms with Gasteiger partial charge in [-0.05, 0) is 42.8 Å². The van der Waals surface area contributed by atoms with Crippen molar-refractivity contribution < 1.29 is 24.5 Å². The van der Waals surface area contributed by atoms with Crippen molar-refractivity contribution in [1.82, 2.24) is 10.3 Å². The molecular formula is C17H20N2O5. The molecule has 0 spiro atoms. The second kappa shape index (κ2) is 10.7. The summed E-state index contributed by atoms with van der Waals surface area (Å²) in [7, 11) is 1.69. The molecule has 24 heavy (non-hydrogen) atoms. The van der Waals surface area contributed by atoms with Crippen molar-refractivity contribution in [1.29, 1.82) is 0 Å². The molecule has 0 aliphatic rings. The summed E-state index contributed by atoms with van der Waals surface area (Å²) >= 11 is 0. The second-order valence-corrected chi connectivity index (χ2v) is 4.71. The molecule has 3 N–H and O–H groups in total. The number of hydrogen-bond acceptors (Lipinski definition) is 5. The Morgan fingerprint density at radius 3 is 2.46 bits per heavy atom. The molecule has 7 heteroatoms. The summed E-state index contributed by atoms with van der Waals surface area (Å²) in [5.74, 6) is -2.73. The molecular weight excluding hydrogens is 312 g/mol. The number of ether oxygens (including phenoxy) is 1. The van der Waals surface area contributed by atoms with Crippen molar-refractivity contribution >= 4 is 11.9 Å². The van der Waals surface area contributed by atoms with E-state index in [4.69, 9.17) is 24.5 Å². The minimum absolute atomic E-state index is 0.810. The molecule has 128 valence electrons. The highest BCUT2D eigenvalue weighted by atomic mass is 16.5. The van der Waals surface area contributed by atoms with E-state index in [2.05, 4.69) is 22.4 Å². The molecule has 0 saturated heterocycles. The van der Waals surface area contributed by atoms with Crippen molar-refractivity contribution in [2.75, 3.05) is 13.7 Å². The minimum atomic E-state index is -1.82. The topological polar surface area (TPSA) is 109 Å². The lowest BCUT2D eigenvalue weighted by molar-refractivity contribution is -0.159. The molecule has 1 heterocycles. The lowest BCUT2D eigenvalue weighted by Crippen LogP contribution is -2.17. The zero-order valence-electron chi connectivity index (χ0n) is 13.3. The van der Waals surface area contributed by atoms with Crippen molar-refractivity contribution in [3.05, 3.63) is 59.9 Å². The van der Waals surface area contributed by atoms with Gasteiger partial charge >= 0.3 is 11.9 Å². The van der Waals surface area contributed by atoms with E-state index in [0.717, 1.165) is 31.0 Å². The average molecular weight is 332 g/mol. The number of carboxylic acid groups (broad SMARTS) is 2. The summed E-state index contributed by atoms with van der Waals surface area (Å²) in [5.41, 5.74) is 2.35. The highest BCUT2D eigenvalue weighted by molar-refractivity contribution is 6.27. The van der Waals surface area contributed by atoms with Crippen LogP contribution >= 0.6 is 0 Å². The smallest absolute Gasteiger partial charge is 0.414 e. The summed E-state index contributed by atoms with van der Waals surface area (Å²) in [6, 6.07) is 14.1. The maximum atomic E-state index is 9.10. The molecule has 0 amide bonds. The number of pyridine rings is 1. The Bertz CT molecular complexity index is 634. The molecule has 0 radical (unpaired) electrons. The standard InChI is InChI=1S/C15H18N2O.C2H2O4/c1-18-15-7-4-5-13(11-15)8-10-16-12-14-6-2-3-9-17-14;3-1(4)2(5)6/h2-7,9,11,16H,8,10,12H2,1H3;(H,3,4)(H,5,6). The van der Waals surface area contributed by atoms with Gasteiger partial charge in [-0.2, -0.15) is 0 Å². The van der Waals surface area contributed by atoms with Gasteiger partial charge in [-0.15, -0.1) is 0 Å². The van der Waals surface area contributed by atoms with Crippen molar-refractivity contribution in [2.45, 2.75) is 13.0 Å². The van der Waals surface area contributed by atoms with Gasteiger partial charge in [-0.25, -0.2) is 9.59 Å². The van der Waals surface area contributed by atoms with Gasteiger partial charge in [0, 0.05) is 12.7 Å². The maximum absolute atomic E-state index is 9.10. The molecule has 0 fully saturated rings. The van der Waals surface area contributed by atoms with Gasteiger partial charge in [0.2, 0.25) is 0 Å².